The Morgan fingerprint density at radius 1 is 1.26 bits per heavy atom. The summed E-state index contributed by atoms with van der Waals surface area (Å²) >= 11 is 1.77. The molecular formula is C15H19N3S. The Bertz CT molecular complexity index is 540. The van der Waals surface area contributed by atoms with Gasteiger partial charge in [0.15, 0.2) is 0 Å². The second-order valence-electron chi connectivity index (χ2n) is 4.70. The van der Waals surface area contributed by atoms with Crippen LogP contribution >= 0.6 is 11.8 Å². The van der Waals surface area contributed by atoms with E-state index in [1.807, 2.05) is 19.2 Å². The van der Waals surface area contributed by atoms with E-state index in [4.69, 9.17) is 5.73 Å². The Morgan fingerprint density at radius 2 is 2.05 bits per heavy atom. The van der Waals surface area contributed by atoms with Gasteiger partial charge in [-0.3, -0.25) is 0 Å². The summed E-state index contributed by atoms with van der Waals surface area (Å²) in [5.41, 5.74) is 8.10. The molecule has 2 aromatic rings. The molecule has 0 fully saturated rings. The maximum absolute atomic E-state index is 5.79. The fourth-order valence-electron chi connectivity index (χ4n) is 1.82. The van der Waals surface area contributed by atoms with Crippen molar-refractivity contribution in [2.24, 2.45) is 5.73 Å². The Balaban J connectivity index is 2.02. The average Bonchev–Trinajstić information content (AvgIpc) is 2.37. The van der Waals surface area contributed by atoms with E-state index in [1.54, 1.807) is 11.8 Å². The zero-order valence-electron chi connectivity index (χ0n) is 11.3. The van der Waals surface area contributed by atoms with Gasteiger partial charge in [-0.15, -0.1) is 11.8 Å². The third-order valence-electron chi connectivity index (χ3n) is 2.74. The third-order valence-corrected chi connectivity index (χ3v) is 3.92. The first kappa shape index (κ1) is 14.0. The summed E-state index contributed by atoms with van der Waals surface area (Å²) in [6, 6.07) is 10.4. The smallest absolute Gasteiger partial charge is 0.138 e. The number of rotatable bonds is 5. The number of aryl methyl sites for hydroxylation is 1. The van der Waals surface area contributed by atoms with Gasteiger partial charge in [0.05, 0.1) is 5.75 Å². The van der Waals surface area contributed by atoms with Crippen LogP contribution in [-0.2, 0) is 12.2 Å². The molecule has 0 amide bonds. The lowest BCUT2D eigenvalue weighted by molar-refractivity contribution is 0.715. The standard InChI is InChI=1S/C15H19N3S/c1-11-5-3-4-6-14(11)19-10-15-17-8-7-13(18-15)9-12(2)16/h3-8,12H,9-10,16H2,1-2H3. The maximum atomic E-state index is 5.79. The highest BCUT2D eigenvalue weighted by Crippen LogP contribution is 2.24. The highest BCUT2D eigenvalue weighted by Gasteiger charge is 2.04. The van der Waals surface area contributed by atoms with Crippen molar-refractivity contribution >= 4 is 11.8 Å². The largest absolute Gasteiger partial charge is 0.328 e. The lowest BCUT2D eigenvalue weighted by Crippen LogP contribution is -2.18. The van der Waals surface area contributed by atoms with Crippen molar-refractivity contribution in [3.63, 3.8) is 0 Å². The molecule has 19 heavy (non-hydrogen) atoms. The van der Waals surface area contributed by atoms with Crippen LogP contribution < -0.4 is 5.73 Å². The van der Waals surface area contributed by atoms with Crippen LogP contribution in [0.15, 0.2) is 41.4 Å². The van der Waals surface area contributed by atoms with Crippen molar-refractivity contribution in [3.8, 4) is 0 Å². The Morgan fingerprint density at radius 3 is 2.79 bits per heavy atom. The molecule has 0 aliphatic carbocycles. The first-order valence-electron chi connectivity index (χ1n) is 6.40. The van der Waals surface area contributed by atoms with Crippen LogP contribution in [0.3, 0.4) is 0 Å². The predicted octanol–water partition coefficient (Wildman–Crippen LogP) is 2.97. The molecule has 0 saturated heterocycles. The molecular weight excluding hydrogens is 254 g/mol. The summed E-state index contributed by atoms with van der Waals surface area (Å²) in [7, 11) is 0. The molecule has 0 spiro atoms. The Labute approximate surface area is 118 Å². The SMILES string of the molecule is Cc1ccccc1SCc1nccc(CC(C)N)n1. The van der Waals surface area contributed by atoms with Crippen LogP contribution in [0, 0.1) is 6.92 Å². The summed E-state index contributed by atoms with van der Waals surface area (Å²) in [6.45, 7) is 4.11. The number of benzene rings is 1. The van der Waals surface area contributed by atoms with E-state index in [9.17, 15) is 0 Å². The van der Waals surface area contributed by atoms with Gasteiger partial charge in [-0.2, -0.15) is 0 Å². The normalized spacial score (nSPS) is 12.4. The van der Waals surface area contributed by atoms with Crippen molar-refractivity contribution in [1.29, 1.82) is 0 Å². The van der Waals surface area contributed by atoms with Crippen LogP contribution in [0.2, 0.25) is 0 Å². The minimum atomic E-state index is 0.131. The average molecular weight is 273 g/mol. The van der Waals surface area contributed by atoms with E-state index in [1.165, 1.54) is 10.5 Å². The molecule has 1 aromatic carbocycles. The van der Waals surface area contributed by atoms with Gasteiger partial charge in [-0.05, 0) is 31.5 Å². The molecule has 0 aliphatic rings. The van der Waals surface area contributed by atoms with Crippen molar-refractivity contribution in [1.82, 2.24) is 9.97 Å². The fraction of sp³-hybridized carbons (Fsp3) is 0.333. The molecule has 1 unspecified atom stereocenters. The second-order valence-corrected chi connectivity index (χ2v) is 5.72. The minimum Gasteiger partial charge on any atom is -0.328 e. The van der Waals surface area contributed by atoms with E-state index in [2.05, 4.69) is 41.2 Å². The summed E-state index contributed by atoms with van der Waals surface area (Å²) < 4.78 is 0. The van der Waals surface area contributed by atoms with Crippen LogP contribution in [0.25, 0.3) is 0 Å². The number of aromatic nitrogens is 2. The van der Waals surface area contributed by atoms with Crippen molar-refractivity contribution < 1.29 is 0 Å². The molecule has 0 aliphatic heterocycles. The lowest BCUT2D eigenvalue weighted by Gasteiger charge is -2.07. The molecule has 3 nitrogen and oxygen atoms in total. The second kappa shape index (κ2) is 6.68. The van der Waals surface area contributed by atoms with Gasteiger partial charge < -0.3 is 5.73 Å². The first-order valence-corrected chi connectivity index (χ1v) is 7.38. The van der Waals surface area contributed by atoms with E-state index in [0.717, 1.165) is 23.7 Å². The molecule has 0 radical (unpaired) electrons. The van der Waals surface area contributed by atoms with Crippen molar-refractivity contribution in [2.45, 2.75) is 37.0 Å². The van der Waals surface area contributed by atoms with Gasteiger partial charge in [-0.25, -0.2) is 9.97 Å². The molecule has 2 rings (SSSR count). The molecule has 0 bridgehead atoms. The Kier molecular flexibility index (Phi) is 4.93. The fourth-order valence-corrected chi connectivity index (χ4v) is 2.71. The van der Waals surface area contributed by atoms with Gasteiger partial charge in [-0.1, -0.05) is 18.2 Å². The van der Waals surface area contributed by atoms with Gasteiger partial charge in [0.2, 0.25) is 0 Å². The van der Waals surface area contributed by atoms with Gasteiger partial charge in [0.25, 0.3) is 0 Å². The highest BCUT2D eigenvalue weighted by atomic mass is 32.2. The van der Waals surface area contributed by atoms with E-state index < -0.39 is 0 Å². The number of nitrogens with zero attached hydrogens (tertiary/aromatic N) is 2. The molecule has 0 saturated carbocycles. The molecule has 1 atom stereocenters. The van der Waals surface area contributed by atoms with E-state index >= 15 is 0 Å². The van der Waals surface area contributed by atoms with Crippen LogP contribution in [0.4, 0.5) is 0 Å². The summed E-state index contributed by atoms with van der Waals surface area (Å²) in [5, 5.41) is 0. The topological polar surface area (TPSA) is 51.8 Å². The van der Waals surface area contributed by atoms with Crippen LogP contribution in [-0.4, -0.2) is 16.0 Å². The number of hydrogen-bond donors (Lipinski definition) is 1. The van der Waals surface area contributed by atoms with Gasteiger partial charge in [0, 0.05) is 29.2 Å². The number of thioether (sulfide) groups is 1. The molecule has 1 aromatic heterocycles. The molecule has 4 heteroatoms. The molecule has 2 N–H and O–H groups in total. The first-order chi connectivity index (χ1) is 9.15. The highest BCUT2D eigenvalue weighted by molar-refractivity contribution is 7.98. The Hall–Kier alpha value is -1.39. The maximum Gasteiger partial charge on any atom is 0.138 e. The lowest BCUT2D eigenvalue weighted by atomic mass is 10.2. The van der Waals surface area contributed by atoms with E-state index in [0.29, 0.717) is 0 Å². The van der Waals surface area contributed by atoms with Gasteiger partial charge in [0.1, 0.15) is 5.82 Å². The number of hydrogen-bond acceptors (Lipinski definition) is 4. The minimum absolute atomic E-state index is 0.131. The van der Waals surface area contributed by atoms with Crippen molar-refractivity contribution in [2.75, 3.05) is 0 Å². The zero-order valence-corrected chi connectivity index (χ0v) is 12.2. The van der Waals surface area contributed by atoms with Crippen LogP contribution in [0.1, 0.15) is 24.0 Å². The van der Waals surface area contributed by atoms with Crippen LogP contribution in [0.5, 0.6) is 0 Å². The zero-order chi connectivity index (χ0) is 13.7. The monoisotopic (exact) mass is 273 g/mol. The quantitative estimate of drug-likeness (QED) is 0.851. The van der Waals surface area contributed by atoms with Crippen molar-refractivity contribution in [3.05, 3.63) is 53.6 Å². The number of nitrogens with two attached hydrogens (primary N) is 1. The van der Waals surface area contributed by atoms with E-state index in [-0.39, 0.29) is 6.04 Å². The third kappa shape index (κ3) is 4.33. The summed E-state index contributed by atoms with van der Waals surface area (Å²) in [6.07, 6.45) is 2.61. The molecule has 100 valence electrons. The predicted molar refractivity (Wildman–Crippen MR) is 80.1 cm³/mol. The molecule has 1 heterocycles. The van der Waals surface area contributed by atoms with Gasteiger partial charge >= 0.3 is 0 Å². The summed E-state index contributed by atoms with van der Waals surface area (Å²) in [4.78, 5) is 10.1. The summed E-state index contributed by atoms with van der Waals surface area (Å²) in [5.74, 6) is 1.66.